The van der Waals surface area contributed by atoms with E-state index in [1.54, 1.807) is 0 Å². The van der Waals surface area contributed by atoms with Crippen molar-refractivity contribution in [2.45, 2.75) is 65.3 Å². The molecule has 160 valence electrons. The van der Waals surface area contributed by atoms with Gasteiger partial charge in [-0.15, -0.1) is 0 Å². The molecule has 7 nitrogen and oxygen atoms in total. The van der Waals surface area contributed by atoms with Crippen LogP contribution in [0, 0.1) is 0 Å². The van der Waals surface area contributed by atoms with E-state index in [9.17, 15) is 9.59 Å². The Kier molecular flexibility index (Phi) is 19.0. The Morgan fingerprint density at radius 2 is 1.33 bits per heavy atom. The smallest absolute Gasteiger partial charge is 0.220 e. The van der Waals surface area contributed by atoms with Crippen LogP contribution in [0.4, 0.5) is 0 Å². The van der Waals surface area contributed by atoms with Crippen molar-refractivity contribution in [1.82, 2.24) is 10.6 Å². The predicted octanol–water partition coefficient (Wildman–Crippen LogP) is 2.08. The third-order valence-corrected chi connectivity index (χ3v) is 3.80. The molecule has 0 atom stereocenters. The molecule has 0 aliphatic carbocycles. The summed E-state index contributed by atoms with van der Waals surface area (Å²) in [5.74, 6) is 0.214. The van der Waals surface area contributed by atoms with E-state index in [0.29, 0.717) is 71.3 Å². The third kappa shape index (κ3) is 21.1. The molecule has 2 N–H and O–H groups in total. The van der Waals surface area contributed by atoms with Gasteiger partial charge in [0.15, 0.2) is 0 Å². The van der Waals surface area contributed by atoms with Crippen molar-refractivity contribution in [2.75, 3.05) is 52.7 Å². The van der Waals surface area contributed by atoms with Gasteiger partial charge in [-0.05, 0) is 25.8 Å². The molecular formula is C20H40N2O5. The second-order valence-electron chi connectivity index (χ2n) is 6.75. The molecular weight excluding hydrogens is 348 g/mol. The molecule has 0 unspecified atom stereocenters. The molecule has 0 spiro atoms. The number of hydrogen-bond donors (Lipinski definition) is 2. The summed E-state index contributed by atoms with van der Waals surface area (Å²) < 4.78 is 16.4. The maximum Gasteiger partial charge on any atom is 0.220 e. The zero-order valence-electron chi connectivity index (χ0n) is 17.5. The summed E-state index contributed by atoms with van der Waals surface area (Å²) >= 11 is 0. The SMILES string of the molecule is CCC(=O)CCCC(=O)NCCCOCCOCCOCCCNC(C)C. The fourth-order valence-corrected chi connectivity index (χ4v) is 2.22. The molecule has 0 saturated heterocycles. The number of carbonyl (C=O) groups excluding carboxylic acids is 2. The van der Waals surface area contributed by atoms with E-state index in [-0.39, 0.29) is 11.7 Å². The summed E-state index contributed by atoms with van der Waals surface area (Å²) in [6, 6.07) is 0.520. The predicted molar refractivity (Wildman–Crippen MR) is 107 cm³/mol. The van der Waals surface area contributed by atoms with Crippen LogP contribution in [0.1, 0.15) is 59.3 Å². The molecule has 27 heavy (non-hydrogen) atoms. The molecule has 0 bridgehead atoms. The lowest BCUT2D eigenvalue weighted by Gasteiger charge is -2.09. The molecule has 0 rings (SSSR count). The van der Waals surface area contributed by atoms with Crippen molar-refractivity contribution in [2.24, 2.45) is 0 Å². The minimum Gasteiger partial charge on any atom is -0.379 e. The van der Waals surface area contributed by atoms with E-state index in [1.807, 2.05) is 6.92 Å². The molecule has 1 amide bonds. The Morgan fingerprint density at radius 3 is 1.89 bits per heavy atom. The van der Waals surface area contributed by atoms with Gasteiger partial charge in [0.25, 0.3) is 0 Å². The van der Waals surface area contributed by atoms with Crippen LogP contribution in [0.15, 0.2) is 0 Å². The van der Waals surface area contributed by atoms with Gasteiger partial charge in [0, 0.05) is 45.1 Å². The molecule has 0 heterocycles. The second-order valence-corrected chi connectivity index (χ2v) is 6.75. The number of rotatable bonds is 20. The number of ether oxygens (including phenoxy) is 3. The first-order chi connectivity index (χ1) is 13.1. The summed E-state index contributed by atoms with van der Waals surface area (Å²) in [6.07, 6.45) is 3.86. The van der Waals surface area contributed by atoms with E-state index >= 15 is 0 Å². The lowest BCUT2D eigenvalue weighted by atomic mass is 10.1. The zero-order chi connectivity index (χ0) is 20.2. The molecule has 0 radical (unpaired) electrons. The van der Waals surface area contributed by atoms with Crippen molar-refractivity contribution in [3.8, 4) is 0 Å². The molecule has 0 aromatic heterocycles. The average molecular weight is 389 g/mol. The Hall–Kier alpha value is -1.02. The summed E-state index contributed by atoms with van der Waals surface area (Å²) in [5.41, 5.74) is 0. The van der Waals surface area contributed by atoms with Crippen LogP contribution in [-0.4, -0.2) is 70.5 Å². The summed E-state index contributed by atoms with van der Waals surface area (Å²) in [6.45, 7) is 11.3. The van der Waals surface area contributed by atoms with Gasteiger partial charge in [-0.1, -0.05) is 20.8 Å². The highest BCUT2D eigenvalue weighted by Crippen LogP contribution is 1.98. The van der Waals surface area contributed by atoms with Crippen molar-refractivity contribution in [3.63, 3.8) is 0 Å². The highest BCUT2D eigenvalue weighted by molar-refractivity contribution is 5.79. The van der Waals surface area contributed by atoms with Crippen LogP contribution in [-0.2, 0) is 23.8 Å². The Morgan fingerprint density at radius 1 is 0.778 bits per heavy atom. The monoisotopic (exact) mass is 388 g/mol. The van der Waals surface area contributed by atoms with Crippen LogP contribution >= 0.6 is 0 Å². The molecule has 7 heteroatoms. The van der Waals surface area contributed by atoms with Gasteiger partial charge >= 0.3 is 0 Å². The van der Waals surface area contributed by atoms with Crippen LogP contribution in [0.25, 0.3) is 0 Å². The first-order valence-electron chi connectivity index (χ1n) is 10.3. The van der Waals surface area contributed by atoms with Crippen molar-refractivity contribution in [3.05, 3.63) is 0 Å². The maximum atomic E-state index is 11.6. The van der Waals surface area contributed by atoms with Gasteiger partial charge < -0.3 is 24.8 Å². The fourth-order valence-electron chi connectivity index (χ4n) is 2.22. The first kappa shape index (κ1) is 26.0. The minimum absolute atomic E-state index is 0.00206. The van der Waals surface area contributed by atoms with Crippen molar-refractivity contribution < 1.29 is 23.8 Å². The number of hydrogen-bond acceptors (Lipinski definition) is 6. The maximum absolute atomic E-state index is 11.6. The van der Waals surface area contributed by atoms with Gasteiger partial charge in [0.1, 0.15) is 5.78 Å². The fraction of sp³-hybridized carbons (Fsp3) is 0.900. The summed E-state index contributed by atoms with van der Waals surface area (Å²) in [5, 5.41) is 6.18. The molecule has 0 aromatic carbocycles. The Bertz CT molecular complexity index is 364. The molecule has 0 saturated carbocycles. The molecule has 0 aliphatic rings. The quantitative estimate of drug-likeness (QED) is 0.311. The number of ketones is 1. The molecule has 0 aromatic rings. The van der Waals surface area contributed by atoms with E-state index < -0.39 is 0 Å². The number of amides is 1. The molecule has 0 fully saturated rings. The Balaban J connectivity index is 3.16. The van der Waals surface area contributed by atoms with Gasteiger partial charge in [-0.3, -0.25) is 9.59 Å². The van der Waals surface area contributed by atoms with E-state index in [0.717, 1.165) is 26.0 Å². The van der Waals surface area contributed by atoms with Gasteiger partial charge in [-0.2, -0.15) is 0 Å². The van der Waals surface area contributed by atoms with Crippen LogP contribution < -0.4 is 10.6 Å². The molecule has 0 aliphatic heterocycles. The van der Waals surface area contributed by atoms with E-state index in [1.165, 1.54) is 0 Å². The summed E-state index contributed by atoms with van der Waals surface area (Å²) in [7, 11) is 0. The third-order valence-electron chi connectivity index (χ3n) is 3.80. The first-order valence-corrected chi connectivity index (χ1v) is 10.3. The lowest BCUT2D eigenvalue weighted by Crippen LogP contribution is -2.25. The largest absolute Gasteiger partial charge is 0.379 e. The van der Waals surface area contributed by atoms with Crippen molar-refractivity contribution in [1.29, 1.82) is 0 Å². The van der Waals surface area contributed by atoms with Gasteiger partial charge in [0.2, 0.25) is 5.91 Å². The second kappa shape index (κ2) is 19.7. The highest BCUT2D eigenvalue weighted by Gasteiger charge is 2.03. The zero-order valence-corrected chi connectivity index (χ0v) is 17.5. The normalized spacial score (nSPS) is 11.1. The topological polar surface area (TPSA) is 85.9 Å². The van der Waals surface area contributed by atoms with Gasteiger partial charge in [-0.25, -0.2) is 0 Å². The number of carbonyl (C=O) groups is 2. The summed E-state index contributed by atoms with van der Waals surface area (Å²) in [4.78, 5) is 22.7. The van der Waals surface area contributed by atoms with Gasteiger partial charge in [0.05, 0.1) is 26.4 Å². The van der Waals surface area contributed by atoms with Crippen molar-refractivity contribution >= 4 is 11.7 Å². The number of Topliss-reactive ketones (excluding diaryl/α,β-unsaturated/α-hetero) is 1. The Labute approximate surface area is 164 Å². The van der Waals surface area contributed by atoms with Crippen LogP contribution in [0.2, 0.25) is 0 Å². The highest BCUT2D eigenvalue weighted by atomic mass is 16.5. The van der Waals surface area contributed by atoms with Crippen LogP contribution in [0.3, 0.4) is 0 Å². The van der Waals surface area contributed by atoms with Crippen LogP contribution in [0.5, 0.6) is 0 Å². The number of nitrogens with one attached hydrogen (secondary N) is 2. The van der Waals surface area contributed by atoms with E-state index in [4.69, 9.17) is 14.2 Å². The average Bonchev–Trinajstić information content (AvgIpc) is 2.64. The minimum atomic E-state index is 0.00206. The standard InChI is InChI=1S/C20H40N2O5/c1-4-19(23)8-5-9-20(24)22-11-7-13-26-15-17-27-16-14-25-12-6-10-21-18(2)3/h18,21H,4-17H2,1-3H3,(H,22,24). The lowest BCUT2D eigenvalue weighted by molar-refractivity contribution is -0.121. The van der Waals surface area contributed by atoms with E-state index in [2.05, 4.69) is 24.5 Å².